The Balaban J connectivity index is 1.49. The molecule has 30 heavy (non-hydrogen) atoms. The van der Waals surface area contributed by atoms with Gasteiger partial charge in [-0.2, -0.15) is 0 Å². The highest BCUT2D eigenvalue weighted by Crippen LogP contribution is 2.21. The standard InChI is InChI=1S/C23H27N5O2/c1-18(12-13-27-14-16-30-17-15-27)24-23(29)21-25-22(19-8-4-2-5-9-19)28(26-21)20-10-6-3-7-11-20/h2-11,18H,12-17H2,1H3,(H,24,29). The summed E-state index contributed by atoms with van der Waals surface area (Å²) in [5, 5.41) is 7.57. The first kappa shape index (κ1) is 20.3. The first-order valence-electron chi connectivity index (χ1n) is 10.4. The summed E-state index contributed by atoms with van der Waals surface area (Å²) in [6, 6.07) is 19.6. The third kappa shape index (κ3) is 4.93. The number of benzene rings is 2. The van der Waals surface area contributed by atoms with E-state index in [1.165, 1.54) is 0 Å². The van der Waals surface area contributed by atoms with Crippen molar-refractivity contribution in [3.8, 4) is 17.1 Å². The van der Waals surface area contributed by atoms with Gasteiger partial charge in [0.05, 0.1) is 18.9 Å². The predicted octanol–water partition coefficient (Wildman–Crippen LogP) is 2.77. The number of aromatic nitrogens is 3. The SMILES string of the molecule is CC(CCN1CCOCC1)NC(=O)c1nc(-c2ccccc2)n(-c2ccccc2)n1. The summed E-state index contributed by atoms with van der Waals surface area (Å²) in [5.74, 6) is 0.570. The van der Waals surface area contributed by atoms with E-state index in [-0.39, 0.29) is 17.8 Å². The van der Waals surface area contributed by atoms with E-state index in [1.54, 1.807) is 4.68 Å². The average molecular weight is 406 g/mol. The van der Waals surface area contributed by atoms with Crippen LogP contribution in [0, 0.1) is 0 Å². The maximum absolute atomic E-state index is 12.9. The summed E-state index contributed by atoms with van der Waals surface area (Å²) >= 11 is 0. The number of carbonyl (C=O) groups is 1. The molecule has 1 saturated heterocycles. The van der Waals surface area contributed by atoms with Gasteiger partial charge in [0, 0.05) is 31.2 Å². The zero-order valence-corrected chi connectivity index (χ0v) is 17.2. The lowest BCUT2D eigenvalue weighted by molar-refractivity contribution is 0.0363. The second-order valence-electron chi connectivity index (χ2n) is 7.49. The second-order valence-corrected chi connectivity index (χ2v) is 7.49. The Labute approximate surface area is 176 Å². The van der Waals surface area contributed by atoms with Crippen molar-refractivity contribution >= 4 is 5.91 Å². The van der Waals surface area contributed by atoms with E-state index < -0.39 is 0 Å². The van der Waals surface area contributed by atoms with Crippen molar-refractivity contribution in [1.29, 1.82) is 0 Å². The largest absolute Gasteiger partial charge is 0.379 e. The molecule has 1 aliphatic rings. The number of carbonyl (C=O) groups excluding carboxylic acids is 1. The van der Waals surface area contributed by atoms with Crippen LogP contribution in [0.3, 0.4) is 0 Å². The summed E-state index contributed by atoms with van der Waals surface area (Å²) in [6.07, 6.45) is 0.872. The minimum atomic E-state index is -0.253. The minimum Gasteiger partial charge on any atom is -0.379 e. The van der Waals surface area contributed by atoms with Gasteiger partial charge in [-0.1, -0.05) is 48.5 Å². The number of amides is 1. The van der Waals surface area contributed by atoms with Gasteiger partial charge in [-0.25, -0.2) is 9.67 Å². The van der Waals surface area contributed by atoms with Crippen molar-refractivity contribution in [2.75, 3.05) is 32.8 Å². The fraction of sp³-hybridized carbons (Fsp3) is 0.348. The Morgan fingerprint density at radius 1 is 1.07 bits per heavy atom. The fourth-order valence-corrected chi connectivity index (χ4v) is 3.49. The van der Waals surface area contributed by atoms with Crippen LogP contribution >= 0.6 is 0 Å². The molecule has 0 aliphatic carbocycles. The number of ether oxygens (including phenoxy) is 1. The zero-order valence-electron chi connectivity index (χ0n) is 17.2. The van der Waals surface area contributed by atoms with Gasteiger partial charge in [0.2, 0.25) is 5.82 Å². The molecule has 0 saturated carbocycles. The van der Waals surface area contributed by atoms with E-state index in [9.17, 15) is 4.79 Å². The molecule has 1 aliphatic heterocycles. The molecule has 156 valence electrons. The topological polar surface area (TPSA) is 72.3 Å². The van der Waals surface area contributed by atoms with E-state index in [4.69, 9.17) is 4.74 Å². The highest BCUT2D eigenvalue weighted by atomic mass is 16.5. The van der Waals surface area contributed by atoms with Gasteiger partial charge in [-0.15, -0.1) is 5.10 Å². The molecule has 1 fully saturated rings. The van der Waals surface area contributed by atoms with Gasteiger partial charge < -0.3 is 10.1 Å². The van der Waals surface area contributed by atoms with Crippen LogP contribution in [0.4, 0.5) is 0 Å². The van der Waals surface area contributed by atoms with Gasteiger partial charge >= 0.3 is 0 Å². The van der Waals surface area contributed by atoms with Crippen molar-refractivity contribution in [3.63, 3.8) is 0 Å². The Morgan fingerprint density at radius 3 is 2.43 bits per heavy atom. The Hall–Kier alpha value is -3.03. The van der Waals surface area contributed by atoms with Crippen LogP contribution in [0.1, 0.15) is 24.0 Å². The number of hydrogen-bond acceptors (Lipinski definition) is 5. The second kappa shape index (κ2) is 9.65. The van der Waals surface area contributed by atoms with Crippen molar-refractivity contribution in [3.05, 3.63) is 66.5 Å². The smallest absolute Gasteiger partial charge is 0.291 e. The van der Waals surface area contributed by atoms with Crippen molar-refractivity contribution in [1.82, 2.24) is 25.0 Å². The average Bonchev–Trinajstić information content (AvgIpc) is 3.25. The van der Waals surface area contributed by atoms with Gasteiger partial charge in [0.1, 0.15) is 0 Å². The number of nitrogens with one attached hydrogen (secondary N) is 1. The van der Waals surface area contributed by atoms with E-state index >= 15 is 0 Å². The van der Waals surface area contributed by atoms with Gasteiger partial charge in [-0.3, -0.25) is 9.69 Å². The first-order valence-corrected chi connectivity index (χ1v) is 10.4. The molecule has 1 amide bonds. The minimum absolute atomic E-state index is 0.0317. The molecule has 7 nitrogen and oxygen atoms in total. The Kier molecular flexibility index (Phi) is 6.51. The molecule has 0 radical (unpaired) electrons. The summed E-state index contributed by atoms with van der Waals surface area (Å²) in [4.78, 5) is 19.8. The summed E-state index contributed by atoms with van der Waals surface area (Å²) in [7, 11) is 0. The first-order chi connectivity index (χ1) is 14.7. The number of hydrogen-bond donors (Lipinski definition) is 1. The van der Waals surface area contributed by atoms with E-state index in [0.29, 0.717) is 5.82 Å². The number of rotatable bonds is 7. The molecular weight excluding hydrogens is 378 g/mol. The van der Waals surface area contributed by atoms with Crippen molar-refractivity contribution < 1.29 is 9.53 Å². The highest BCUT2D eigenvalue weighted by Gasteiger charge is 2.20. The molecule has 2 aromatic carbocycles. The van der Waals surface area contributed by atoms with Crippen molar-refractivity contribution in [2.24, 2.45) is 0 Å². The quantitative estimate of drug-likeness (QED) is 0.654. The van der Waals surface area contributed by atoms with Gasteiger partial charge in [-0.05, 0) is 25.5 Å². The zero-order chi connectivity index (χ0) is 20.8. The summed E-state index contributed by atoms with van der Waals surface area (Å²) < 4.78 is 7.11. The molecule has 1 aromatic heterocycles. The Bertz CT molecular complexity index is 895. The molecule has 3 aromatic rings. The maximum Gasteiger partial charge on any atom is 0.291 e. The predicted molar refractivity (Wildman–Crippen MR) is 116 cm³/mol. The van der Waals surface area contributed by atoms with Crippen molar-refractivity contribution in [2.45, 2.75) is 19.4 Å². The van der Waals surface area contributed by atoms with Crippen LogP contribution in [0.2, 0.25) is 0 Å². The molecule has 1 unspecified atom stereocenters. The molecule has 1 N–H and O–H groups in total. The van der Waals surface area contributed by atoms with E-state index in [1.807, 2.05) is 67.6 Å². The van der Waals surface area contributed by atoms with Crippen LogP contribution in [0.15, 0.2) is 60.7 Å². The van der Waals surface area contributed by atoms with Crippen LogP contribution < -0.4 is 5.32 Å². The van der Waals surface area contributed by atoms with Crippen LogP contribution in [-0.2, 0) is 4.74 Å². The van der Waals surface area contributed by atoms with Gasteiger partial charge in [0.25, 0.3) is 5.91 Å². The lowest BCUT2D eigenvalue weighted by Gasteiger charge is -2.27. The van der Waals surface area contributed by atoms with E-state index in [2.05, 4.69) is 20.3 Å². The van der Waals surface area contributed by atoms with Crippen LogP contribution in [-0.4, -0.2) is 64.5 Å². The molecule has 4 rings (SSSR count). The summed E-state index contributed by atoms with van der Waals surface area (Å²) in [6.45, 7) is 6.42. The maximum atomic E-state index is 12.9. The third-order valence-corrected chi connectivity index (χ3v) is 5.20. The van der Waals surface area contributed by atoms with Crippen LogP contribution in [0.25, 0.3) is 17.1 Å². The van der Waals surface area contributed by atoms with Gasteiger partial charge in [0.15, 0.2) is 5.82 Å². The fourth-order valence-electron chi connectivity index (χ4n) is 3.49. The molecular formula is C23H27N5O2. The lowest BCUT2D eigenvalue weighted by Crippen LogP contribution is -2.40. The third-order valence-electron chi connectivity index (χ3n) is 5.20. The monoisotopic (exact) mass is 405 g/mol. The molecule has 2 heterocycles. The van der Waals surface area contributed by atoms with E-state index in [0.717, 1.165) is 50.5 Å². The molecule has 1 atom stereocenters. The normalized spacial score (nSPS) is 15.6. The number of morpholine rings is 1. The highest BCUT2D eigenvalue weighted by molar-refractivity contribution is 5.91. The lowest BCUT2D eigenvalue weighted by atomic mass is 10.2. The number of para-hydroxylation sites is 1. The molecule has 0 bridgehead atoms. The molecule has 0 spiro atoms. The van der Waals surface area contributed by atoms with Crippen LogP contribution in [0.5, 0.6) is 0 Å². The summed E-state index contributed by atoms with van der Waals surface area (Å²) in [5.41, 5.74) is 1.77. The number of nitrogens with zero attached hydrogens (tertiary/aromatic N) is 4. The Morgan fingerprint density at radius 2 is 1.73 bits per heavy atom. The molecule has 7 heteroatoms.